The molecule has 0 radical (unpaired) electrons. The molecule has 0 unspecified atom stereocenters. The van der Waals surface area contributed by atoms with Crippen LogP contribution >= 0.6 is 0 Å². The number of carbonyl (C=O) groups is 6. The van der Waals surface area contributed by atoms with E-state index in [0.29, 0.717) is 0 Å². The zero-order valence-electron chi connectivity index (χ0n) is 25.7. The summed E-state index contributed by atoms with van der Waals surface area (Å²) in [5, 5.41) is 22.5. The van der Waals surface area contributed by atoms with Gasteiger partial charge >= 0.3 is 5.97 Å². The van der Waals surface area contributed by atoms with E-state index in [9.17, 15) is 33.9 Å². The van der Waals surface area contributed by atoms with Crippen LogP contribution in [0.15, 0.2) is 30.3 Å². The SMILES string of the molecule is CC[C@](Cc1ccccc1)(NC(=O)C(C)(C)NC(=O)C(C)(C)NC(C)=O)C(=O)NC(C)(C)C(=O)NC(C)(C)C(=O)O. The van der Waals surface area contributed by atoms with E-state index in [0.717, 1.165) is 5.56 Å². The molecular formula is C29H45N5O7. The van der Waals surface area contributed by atoms with Gasteiger partial charge in [0.05, 0.1) is 0 Å². The Balaban J connectivity index is 3.39. The van der Waals surface area contributed by atoms with Crippen LogP contribution in [0.5, 0.6) is 0 Å². The highest BCUT2D eigenvalue weighted by Gasteiger charge is 2.46. The summed E-state index contributed by atoms with van der Waals surface area (Å²) < 4.78 is 0. The molecule has 1 rings (SSSR count). The summed E-state index contributed by atoms with van der Waals surface area (Å²) in [6.07, 6.45) is 0.168. The molecule has 12 heteroatoms. The van der Waals surface area contributed by atoms with Gasteiger partial charge in [-0.05, 0) is 67.4 Å². The van der Waals surface area contributed by atoms with Gasteiger partial charge in [0.2, 0.25) is 29.5 Å². The quantitative estimate of drug-likeness (QED) is 0.204. The zero-order chi connectivity index (χ0) is 32.0. The number of rotatable bonds is 13. The second-order valence-corrected chi connectivity index (χ2v) is 12.4. The summed E-state index contributed by atoms with van der Waals surface area (Å²) in [5.74, 6) is -4.37. The third-order valence-corrected chi connectivity index (χ3v) is 6.74. The average Bonchev–Trinajstić information content (AvgIpc) is 2.82. The number of carboxylic acids is 1. The Morgan fingerprint density at radius 1 is 0.610 bits per heavy atom. The van der Waals surface area contributed by atoms with Gasteiger partial charge in [0.1, 0.15) is 27.7 Å². The molecule has 228 valence electrons. The molecule has 0 heterocycles. The molecule has 1 aromatic carbocycles. The van der Waals surface area contributed by atoms with Crippen molar-refractivity contribution in [1.82, 2.24) is 26.6 Å². The normalized spacial score (nSPS) is 13.7. The van der Waals surface area contributed by atoms with Crippen molar-refractivity contribution in [1.29, 1.82) is 0 Å². The molecule has 41 heavy (non-hydrogen) atoms. The number of hydrogen-bond donors (Lipinski definition) is 6. The van der Waals surface area contributed by atoms with Crippen molar-refractivity contribution in [3.8, 4) is 0 Å². The molecular weight excluding hydrogens is 530 g/mol. The summed E-state index contributed by atoms with van der Waals surface area (Å²) in [6, 6.07) is 8.97. The van der Waals surface area contributed by atoms with Crippen molar-refractivity contribution in [2.24, 2.45) is 0 Å². The van der Waals surface area contributed by atoms with Crippen molar-refractivity contribution < 1.29 is 33.9 Å². The number of carboxylic acid groups (broad SMARTS) is 1. The van der Waals surface area contributed by atoms with Crippen LogP contribution in [0.25, 0.3) is 0 Å². The van der Waals surface area contributed by atoms with Gasteiger partial charge in [-0.25, -0.2) is 4.79 Å². The van der Waals surface area contributed by atoms with E-state index in [1.54, 1.807) is 31.2 Å². The van der Waals surface area contributed by atoms with Crippen LogP contribution in [0, 0.1) is 0 Å². The minimum atomic E-state index is -1.59. The number of hydrogen-bond acceptors (Lipinski definition) is 6. The first-order valence-electron chi connectivity index (χ1n) is 13.4. The summed E-state index contributed by atoms with van der Waals surface area (Å²) >= 11 is 0. The zero-order valence-corrected chi connectivity index (χ0v) is 25.7. The van der Waals surface area contributed by atoms with Crippen LogP contribution in [0.4, 0.5) is 0 Å². The third-order valence-electron chi connectivity index (χ3n) is 6.74. The third kappa shape index (κ3) is 9.29. The van der Waals surface area contributed by atoms with E-state index in [2.05, 4.69) is 26.6 Å². The second kappa shape index (κ2) is 12.7. The van der Waals surface area contributed by atoms with Gasteiger partial charge in [0, 0.05) is 13.3 Å². The minimum absolute atomic E-state index is 0.0572. The van der Waals surface area contributed by atoms with Crippen LogP contribution in [-0.2, 0) is 35.2 Å². The Hall–Kier alpha value is -3.96. The maximum atomic E-state index is 13.9. The fourth-order valence-electron chi connectivity index (χ4n) is 3.82. The number of aliphatic carboxylic acids is 1. The van der Waals surface area contributed by atoms with Gasteiger partial charge in [-0.2, -0.15) is 0 Å². The largest absolute Gasteiger partial charge is 0.480 e. The van der Waals surface area contributed by atoms with Gasteiger partial charge in [-0.3, -0.25) is 24.0 Å². The van der Waals surface area contributed by atoms with Crippen molar-refractivity contribution >= 4 is 35.5 Å². The smallest absolute Gasteiger partial charge is 0.328 e. The van der Waals surface area contributed by atoms with Crippen molar-refractivity contribution in [3.63, 3.8) is 0 Å². The van der Waals surface area contributed by atoms with Crippen LogP contribution in [0.1, 0.15) is 81.2 Å². The molecule has 12 nitrogen and oxygen atoms in total. The lowest BCUT2D eigenvalue weighted by Gasteiger charge is -2.39. The van der Waals surface area contributed by atoms with Gasteiger partial charge in [0.15, 0.2) is 0 Å². The predicted molar refractivity (Wildman–Crippen MR) is 154 cm³/mol. The van der Waals surface area contributed by atoms with Gasteiger partial charge < -0.3 is 31.7 Å². The van der Waals surface area contributed by atoms with E-state index in [1.807, 2.05) is 6.07 Å². The van der Waals surface area contributed by atoms with E-state index in [-0.39, 0.29) is 12.8 Å². The molecule has 0 saturated heterocycles. The fourth-order valence-corrected chi connectivity index (χ4v) is 3.82. The Labute approximate surface area is 241 Å². The van der Waals surface area contributed by atoms with Crippen LogP contribution in [0.3, 0.4) is 0 Å². The Bertz CT molecular complexity index is 1180. The van der Waals surface area contributed by atoms with E-state index in [1.165, 1.54) is 62.3 Å². The number of benzene rings is 1. The Kier molecular flexibility index (Phi) is 10.9. The van der Waals surface area contributed by atoms with Crippen molar-refractivity contribution in [2.45, 2.75) is 110 Å². The van der Waals surface area contributed by atoms with Gasteiger partial charge in [-0.15, -0.1) is 0 Å². The van der Waals surface area contributed by atoms with Gasteiger partial charge in [-0.1, -0.05) is 37.3 Å². The minimum Gasteiger partial charge on any atom is -0.480 e. The summed E-state index contributed by atoms with van der Waals surface area (Å²) in [4.78, 5) is 76.6. The number of nitrogens with one attached hydrogen (secondary N) is 5. The highest BCUT2D eigenvalue weighted by molar-refractivity contribution is 6.00. The topological polar surface area (TPSA) is 183 Å². The highest BCUT2D eigenvalue weighted by atomic mass is 16.4. The molecule has 1 atom stereocenters. The molecule has 0 saturated carbocycles. The summed E-state index contributed by atoms with van der Waals surface area (Å²) in [6.45, 7) is 14.4. The molecule has 0 bridgehead atoms. The molecule has 0 aliphatic rings. The maximum Gasteiger partial charge on any atom is 0.328 e. The molecule has 0 aliphatic heterocycles. The lowest BCUT2D eigenvalue weighted by Crippen LogP contribution is -2.70. The Morgan fingerprint density at radius 2 is 1.00 bits per heavy atom. The molecule has 0 aliphatic carbocycles. The standard InChI is InChI=1S/C29H45N5O7/c1-11-29(17-19-15-13-12-14-16-19,23(39)33-26(5,6)21(37)32-28(9,10)24(40)41)34-22(38)27(7,8)31-20(36)25(3,4)30-18(2)35/h12-16H,11,17H2,1-10H3,(H,30,35)(H,31,36)(H,32,37)(H,33,39)(H,34,38)(H,40,41)/t29-/m1/s1. The predicted octanol–water partition coefficient (Wildman–Crippen LogP) is 1.18. The fraction of sp³-hybridized carbons (Fsp3) is 0.586. The Morgan fingerprint density at radius 3 is 1.41 bits per heavy atom. The molecule has 0 spiro atoms. The van der Waals surface area contributed by atoms with E-state index >= 15 is 0 Å². The summed E-state index contributed by atoms with van der Waals surface area (Å²) in [7, 11) is 0. The van der Waals surface area contributed by atoms with Gasteiger partial charge in [0.25, 0.3) is 0 Å². The monoisotopic (exact) mass is 575 g/mol. The first kappa shape index (κ1) is 35.1. The molecule has 0 fully saturated rings. The molecule has 6 N–H and O–H groups in total. The lowest BCUT2D eigenvalue weighted by atomic mass is 9.84. The average molecular weight is 576 g/mol. The highest BCUT2D eigenvalue weighted by Crippen LogP contribution is 2.22. The molecule has 5 amide bonds. The van der Waals surface area contributed by atoms with E-state index < -0.39 is 63.2 Å². The van der Waals surface area contributed by atoms with Crippen molar-refractivity contribution in [2.75, 3.05) is 0 Å². The number of amides is 5. The molecule has 0 aromatic heterocycles. The summed E-state index contributed by atoms with van der Waals surface area (Å²) in [5.41, 5.74) is -6.80. The maximum absolute atomic E-state index is 13.9. The number of carbonyl (C=O) groups excluding carboxylic acids is 5. The molecule has 1 aromatic rings. The van der Waals surface area contributed by atoms with E-state index in [4.69, 9.17) is 0 Å². The first-order chi connectivity index (χ1) is 18.5. The van der Waals surface area contributed by atoms with Crippen LogP contribution < -0.4 is 26.6 Å². The first-order valence-corrected chi connectivity index (χ1v) is 13.4. The van der Waals surface area contributed by atoms with Crippen LogP contribution in [-0.4, -0.2) is 68.3 Å². The lowest BCUT2D eigenvalue weighted by molar-refractivity contribution is -0.147. The van der Waals surface area contributed by atoms with Crippen molar-refractivity contribution in [3.05, 3.63) is 35.9 Å². The van der Waals surface area contributed by atoms with Crippen LogP contribution in [0.2, 0.25) is 0 Å². The second-order valence-electron chi connectivity index (χ2n) is 12.4.